The molecular formula is C21H28N4O3S. The van der Waals surface area contributed by atoms with Crippen molar-refractivity contribution in [3.8, 4) is 11.5 Å². The van der Waals surface area contributed by atoms with Gasteiger partial charge in [0.25, 0.3) is 5.91 Å². The quantitative estimate of drug-likeness (QED) is 0.592. The Balaban J connectivity index is 0.00000117. The molecule has 0 bridgehead atoms. The Morgan fingerprint density at radius 3 is 2.69 bits per heavy atom. The minimum atomic E-state index is -0.232. The van der Waals surface area contributed by atoms with E-state index in [2.05, 4.69) is 27.0 Å². The fourth-order valence-electron chi connectivity index (χ4n) is 3.51. The number of carbonyl (C=O) groups excluding carboxylic acids is 1. The molecule has 29 heavy (non-hydrogen) atoms. The molecule has 8 heteroatoms. The molecule has 1 amide bonds. The molecule has 7 nitrogen and oxygen atoms in total. The number of ether oxygens (including phenoxy) is 1. The molecule has 0 radical (unpaired) electrons. The van der Waals surface area contributed by atoms with Crippen molar-refractivity contribution in [2.45, 2.75) is 48.5 Å². The van der Waals surface area contributed by atoms with E-state index in [0.29, 0.717) is 17.5 Å². The summed E-state index contributed by atoms with van der Waals surface area (Å²) < 4.78 is 5.93. The number of hydrogen-bond acceptors (Lipinski definition) is 7. The number of aliphatic hydroxyl groups is 1. The number of anilines is 1. The summed E-state index contributed by atoms with van der Waals surface area (Å²) in [5.41, 5.74) is 1.62. The van der Waals surface area contributed by atoms with Gasteiger partial charge in [-0.2, -0.15) is 0 Å². The van der Waals surface area contributed by atoms with Crippen LogP contribution in [0, 0.1) is 0 Å². The van der Waals surface area contributed by atoms with Crippen LogP contribution >= 0.6 is 11.8 Å². The standard InChI is InChI=1S/C20H24N4O2S.CH4O/c1-21-19(25)17-12-15(9-10-22-17)26-14-7-8-18-16(11-14)24-20(27-18)23-13-5-3-2-4-6-13;1-2/h7-13,20,23-24H,2-6H2,1H3,(H,21,25);2H,1H3. The number of benzene rings is 1. The molecule has 1 aliphatic heterocycles. The number of fused-ring (bicyclic) bond motifs is 1. The van der Waals surface area contributed by atoms with Crippen LogP contribution in [0.1, 0.15) is 42.6 Å². The predicted molar refractivity (Wildman–Crippen MR) is 116 cm³/mol. The van der Waals surface area contributed by atoms with Crippen LogP contribution < -0.4 is 20.7 Å². The first-order valence-corrected chi connectivity index (χ1v) is 10.7. The van der Waals surface area contributed by atoms with E-state index in [9.17, 15) is 4.79 Å². The second-order valence-corrected chi connectivity index (χ2v) is 8.01. The van der Waals surface area contributed by atoms with Crippen LogP contribution in [0.2, 0.25) is 0 Å². The molecule has 1 saturated carbocycles. The molecule has 156 valence electrons. The average molecular weight is 417 g/mol. The Bertz CT molecular complexity index is 827. The van der Waals surface area contributed by atoms with Gasteiger partial charge in [0.05, 0.1) is 5.69 Å². The Morgan fingerprint density at radius 1 is 1.17 bits per heavy atom. The number of hydrogen-bond donors (Lipinski definition) is 4. The van der Waals surface area contributed by atoms with Crippen molar-refractivity contribution in [3.63, 3.8) is 0 Å². The van der Waals surface area contributed by atoms with E-state index in [-0.39, 0.29) is 11.4 Å². The zero-order chi connectivity index (χ0) is 20.6. The van der Waals surface area contributed by atoms with E-state index < -0.39 is 0 Å². The van der Waals surface area contributed by atoms with Crippen LogP contribution in [-0.2, 0) is 0 Å². The summed E-state index contributed by atoms with van der Waals surface area (Å²) in [6.45, 7) is 0. The Hall–Kier alpha value is -2.29. The topological polar surface area (TPSA) is 95.5 Å². The van der Waals surface area contributed by atoms with Gasteiger partial charge >= 0.3 is 0 Å². The van der Waals surface area contributed by atoms with Gasteiger partial charge in [-0.15, -0.1) is 0 Å². The highest BCUT2D eigenvalue weighted by atomic mass is 32.2. The summed E-state index contributed by atoms with van der Waals surface area (Å²) in [6, 6.07) is 10.0. The number of nitrogens with one attached hydrogen (secondary N) is 3. The first-order valence-electron chi connectivity index (χ1n) is 9.85. The van der Waals surface area contributed by atoms with E-state index >= 15 is 0 Å². The Labute approximate surface area is 175 Å². The summed E-state index contributed by atoms with van der Waals surface area (Å²) in [6.07, 6.45) is 8.11. The van der Waals surface area contributed by atoms with Crippen LogP contribution in [0.15, 0.2) is 41.4 Å². The minimum Gasteiger partial charge on any atom is -0.457 e. The van der Waals surface area contributed by atoms with Gasteiger partial charge in [-0.3, -0.25) is 15.1 Å². The molecule has 0 saturated heterocycles. The number of carbonyl (C=O) groups is 1. The van der Waals surface area contributed by atoms with Crippen LogP contribution in [0.3, 0.4) is 0 Å². The Morgan fingerprint density at radius 2 is 1.93 bits per heavy atom. The van der Waals surface area contributed by atoms with Crippen molar-refractivity contribution < 1.29 is 14.6 Å². The van der Waals surface area contributed by atoms with E-state index in [1.165, 1.54) is 37.0 Å². The lowest BCUT2D eigenvalue weighted by Crippen LogP contribution is -2.40. The molecule has 1 atom stereocenters. The summed E-state index contributed by atoms with van der Waals surface area (Å²) in [5.74, 6) is 1.09. The van der Waals surface area contributed by atoms with Crippen molar-refractivity contribution in [1.29, 1.82) is 0 Å². The second-order valence-electron chi connectivity index (χ2n) is 6.86. The zero-order valence-corrected chi connectivity index (χ0v) is 17.6. The number of pyridine rings is 1. The first kappa shape index (κ1) is 21.4. The van der Waals surface area contributed by atoms with E-state index in [1.54, 1.807) is 25.4 Å². The van der Waals surface area contributed by atoms with Crippen molar-refractivity contribution in [2.24, 2.45) is 0 Å². The van der Waals surface area contributed by atoms with Gasteiger partial charge in [0.2, 0.25) is 0 Å². The van der Waals surface area contributed by atoms with Crippen LogP contribution in [-0.4, -0.2) is 41.7 Å². The number of aliphatic hydroxyl groups excluding tert-OH is 1. The van der Waals surface area contributed by atoms with Crippen LogP contribution in [0.4, 0.5) is 5.69 Å². The van der Waals surface area contributed by atoms with Gasteiger partial charge in [-0.05, 0) is 31.0 Å². The Kier molecular flexibility index (Phi) is 7.74. The maximum atomic E-state index is 11.7. The number of rotatable bonds is 5. The number of nitrogens with zero attached hydrogens (tertiary/aromatic N) is 1. The lowest BCUT2D eigenvalue weighted by Gasteiger charge is -2.26. The highest BCUT2D eigenvalue weighted by Gasteiger charge is 2.25. The molecule has 4 rings (SSSR count). The van der Waals surface area contributed by atoms with Crippen molar-refractivity contribution in [3.05, 3.63) is 42.2 Å². The maximum Gasteiger partial charge on any atom is 0.269 e. The van der Waals surface area contributed by atoms with Gasteiger partial charge in [-0.1, -0.05) is 31.0 Å². The zero-order valence-electron chi connectivity index (χ0n) is 16.8. The minimum absolute atomic E-state index is 0.208. The molecule has 2 heterocycles. The van der Waals surface area contributed by atoms with Crippen molar-refractivity contribution >= 4 is 23.4 Å². The number of thioether (sulfide) groups is 1. The third kappa shape index (κ3) is 5.62. The normalized spacial score (nSPS) is 18.1. The van der Waals surface area contributed by atoms with Gasteiger partial charge in [0.15, 0.2) is 0 Å². The monoisotopic (exact) mass is 416 g/mol. The van der Waals surface area contributed by atoms with E-state index in [0.717, 1.165) is 18.5 Å². The summed E-state index contributed by atoms with van der Waals surface area (Å²) in [5, 5.41) is 16.8. The molecule has 1 aromatic heterocycles. The summed E-state index contributed by atoms with van der Waals surface area (Å²) >= 11 is 1.81. The van der Waals surface area contributed by atoms with Crippen LogP contribution in [0.25, 0.3) is 0 Å². The molecule has 1 aliphatic carbocycles. The highest BCUT2D eigenvalue weighted by molar-refractivity contribution is 8.00. The highest BCUT2D eigenvalue weighted by Crippen LogP contribution is 2.40. The predicted octanol–water partition coefficient (Wildman–Crippen LogP) is 3.57. The SMILES string of the molecule is CNC(=O)c1cc(Oc2ccc3c(c2)NC(NC2CCCCC2)S3)ccn1.CO. The fraction of sp³-hybridized carbons (Fsp3) is 0.429. The fourth-order valence-corrected chi connectivity index (χ4v) is 4.60. The van der Waals surface area contributed by atoms with Gasteiger partial charge in [0.1, 0.15) is 22.7 Å². The molecule has 4 N–H and O–H groups in total. The van der Waals surface area contributed by atoms with Gasteiger partial charge < -0.3 is 20.5 Å². The largest absolute Gasteiger partial charge is 0.457 e. The first-order chi connectivity index (χ1) is 14.2. The average Bonchev–Trinajstić information content (AvgIpc) is 3.17. The van der Waals surface area contributed by atoms with Gasteiger partial charge in [0, 0.05) is 43.4 Å². The molecule has 1 aromatic carbocycles. The molecule has 2 aliphatic rings. The van der Waals surface area contributed by atoms with Crippen LogP contribution in [0.5, 0.6) is 11.5 Å². The summed E-state index contributed by atoms with van der Waals surface area (Å²) in [7, 11) is 2.58. The molecule has 0 spiro atoms. The summed E-state index contributed by atoms with van der Waals surface area (Å²) in [4.78, 5) is 17.0. The number of aromatic nitrogens is 1. The van der Waals surface area contributed by atoms with E-state index in [4.69, 9.17) is 9.84 Å². The third-order valence-corrected chi connectivity index (χ3v) is 6.00. The molecule has 2 aromatic rings. The second kappa shape index (κ2) is 10.5. The number of amides is 1. The lowest BCUT2D eigenvalue weighted by molar-refractivity contribution is 0.0958. The third-order valence-electron chi connectivity index (χ3n) is 4.90. The molecule has 1 unspecified atom stereocenters. The molecular weight excluding hydrogens is 388 g/mol. The smallest absolute Gasteiger partial charge is 0.269 e. The van der Waals surface area contributed by atoms with Gasteiger partial charge in [-0.25, -0.2) is 0 Å². The maximum absolute atomic E-state index is 11.7. The lowest BCUT2D eigenvalue weighted by atomic mass is 9.96. The molecule has 1 fully saturated rings. The van der Waals surface area contributed by atoms with Crippen molar-refractivity contribution in [1.82, 2.24) is 15.6 Å². The van der Waals surface area contributed by atoms with E-state index in [1.807, 2.05) is 23.9 Å². The van der Waals surface area contributed by atoms with Crippen molar-refractivity contribution in [2.75, 3.05) is 19.5 Å².